The normalized spacial score (nSPS) is 18.3. The van der Waals surface area contributed by atoms with Crippen molar-refractivity contribution in [3.8, 4) is 5.75 Å². The van der Waals surface area contributed by atoms with E-state index in [1.807, 2.05) is 0 Å². The van der Waals surface area contributed by atoms with E-state index in [4.69, 9.17) is 4.74 Å². The average molecular weight is 270 g/mol. The summed E-state index contributed by atoms with van der Waals surface area (Å²) in [4.78, 5) is 2.27. The van der Waals surface area contributed by atoms with Crippen LogP contribution in [-0.2, 0) is 0 Å². The number of benzene rings is 1. The number of anilines is 1. The Morgan fingerprint density at radius 1 is 1.40 bits per heavy atom. The summed E-state index contributed by atoms with van der Waals surface area (Å²) >= 11 is 3.60. The zero-order valence-corrected chi connectivity index (χ0v) is 11.2. The van der Waals surface area contributed by atoms with Crippen molar-refractivity contribution in [3.63, 3.8) is 0 Å². The van der Waals surface area contributed by atoms with Crippen LogP contribution in [0.1, 0.15) is 19.4 Å². The highest BCUT2D eigenvalue weighted by Gasteiger charge is 2.32. The van der Waals surface area contributed by atoms with Gasteiger partial charge in [-0.1, -0.05) is 0 Å². The van der Waals surface area contributed by atoms with Crippen LogP contribution in [-0.4, -0.2) is 19.2 Å². The molecule has 0 spiro atoms. The van der Waals surface area contributed by atoms with Gasteiger partial charge in [-0.3, -0.25) is 0 Å². The molecular weight excluding hydrogens is 254 g/mol. The lowest BCUT2D eigenvalue weighted by Gasteiger charge is -2.42. The molecule has 1 aliphatic rings. The third-order valence-corrected chi connectivity index (χ3v) is 3.60. The van der Waals surface area contributed by atoms with Crippen LogP contribution >= 0.6 is 15.9 Å². The van der Waals surface area contributed by atoms with Gasteiger partial charge in [-0.2, -0.15) is 0 Å². The fraction of sp³-hybridized carbons (Fsp3) is 0.500. The first kappa shape index (κ1) is 10.8. The van der Waals surface area contributed by atoms with Crippen LogP contribution in [0.25, 0.3) is 0 Å². The Labute approximate surface area is 99.4 Å². The van der Waals surface area contributed by atoms with Crippen LogP contribution in [0.5, 0.6) is 5.75 Å². The first-order chi connectivity index (χ1) is 6.92. The molecule has 0 aromatic heterocycles. The van der Waals surface area contributed by atoms with Gasteiger partial charge in [0.1, 0.15) is 12.4 Å². The molecule has 3 heteroatoms. The van der Waals surface area contributed by atoms with Crippen LogP contribution in [0.2, 0.25) is 0 Å². The van der Waals surface area contributed by atoms with E-state index in [1.54, 1.807) is 0 Å². The van der Waals surface area contributed by atoms with Crippen molar-refractivity contribution in [2.24, 2.45) is 0 Å². The van der Waals surface area contributed by atoms with Crippen LogP contribution in [0.15, 0.2) is 16.6 Å². The molecule has 15 heavy (non-hydrogen) atoms. The molecule has 0 saturated heterocycles. The topological polar surface area (TPSA) is 12.5 Å². The number of aryl methyl sites for hydroxylation is 1. The second-order valence-corrected chi connectivity index (χ2v) is 5.61. The molecule has 2 nitrogen and oxygen atoms in total. The standard InChI is InChI=1S/C12H16BrNO/c1-8-5-9(13)11-10(6-8)15-7-12(2,3)14(11)4/h5-6H,7H2,1-4H3. The summed E-state index contributed by atoms with van der Waals surface area (Å²) in [6.07, 6.45) is 0. The second kappa shape index (κ2) is 3.41. The van der Waals surface area contributed by atoms with Gasteiger partial charge in [0, 0.05) is 11.5 Å². The maximum atomic E-state index is 5.80. The molecule has 0 N–H and O–H groups in total. The highest BCUT2D eigenvalue weighted by atomic mass is 79.9. The number of hydrogen-bond acceptors (Lipinski definition) is 2. The van der Waals surface area contributed by atoms with E-state index in [0.29, 0.717) is 0 Å². The molecule has 1 aromatic carbocycles. The number of hydrogen-bond donors (Lipinski definition) is 0. The highest BCUT2D eigenvalue weighted by Crippen LogP contribution is 2.42. The molecule has 0 unspecified atom stereocenters. The summed E-state index contributed by atoms with van der Waals surface area (Å²) in [7, 11) is 2.11. The predicted octanol–water partition coefficient (Wildman–Crippen LogP) is 3.36. The number of ether oxygens (including phenoxy) is 1. The lowest BCUT2D eigenvalue weighted by atomic mass is 10.0. The molecule has 0 fully saturated rings. The third kappa shape index (κ3) is 1.73. The molecule has 0 saturated carbocycles. The van der Waals surface area contributed by atoms with Crippen molar-refractivity contribution in [2.45, 2.75) is 26.3 Å². The number of nitrogens with zero attached hydrogens (tertiary/aromatic N) is 1. The first-order valence-electron chi connectivity index (χ1n) is 5.08. The minimum Gasteiger partial charge on any atom is -0.489 e. The average Bonchev–Trinajstić information content (AvgIpc) is 2.11. The van der Waals surface area contributed by atoms with Gasteiger partial charge in [0.25, 0.3) is 0 Å². The predicted molar refractivity (Wildman–Crippen MR) is 66.9 cm³/mol. The lowest BCUT2D eigenvalue weighted by Crippen LogP contribution is -2.49. The van der Waals surface area contributed by atoms with Crippen molar-refractivity contribution in [1.82, 2.24) is 0 Å². The summed E-state index contributed by atoms with van der Waals surface area (Å²) in [5.41, 5.74) is 2.41. The molecule has 2 rings (SSSR count). The van der Waals surface area contributed by atoms with E-state index in [1.165, 1.54) is 5.56 Å². The fourth-order valence-corrected chi connectivity index (χ4v) is 2.61. The lowest BCUT2D eigenvalue weighted by molar-refractivity contribution is 0.218. The molecule has 82 valence electrons. The molecular formula is C12H16BrNO. The van der Waals surface area contributed by atoms with E-state index in [9.17, 15) is 0 Å². The van der Waals surface area contributed by atoms with Gasteiger partial charge in [0.2, 0.25) is 0 Å². The second-order valence-electron chi connectivity index (χ2n) is 4.75. The van der Waals surface area contributed by atoms with Gasteiger partial charge >= 0.3 is 0 Å². The van der Waals surface area contributed by atoms with Crippen molar-refractivity contribution in [1.29, 1.82) is 0 Å². The molecule has 1 aliphatic heterocycles. The summed E-state index contributed by atoms with van der Waals surface area (Å²) in [5.74, 6) is 0.976. The molecule has 1 heterocycles. The fourth-order valence-electron chi connectivity index (χ4n) is 1.79. The molecule has 0 amide bonds. The van der Waals surface area contributed by atoms with Gasteiger partial charge < -0.3 is 9.64 Å². The zero-order chi connectivity index (χ0) is 11.2. The molecule has 0 aliphatic carbocycles. The van der Waals surface area contributed by atoms with Crippen molar-refractivity contribution in [3.05, 3.63) is 22.2 Å². The van der Waals surface area contributed by atoms with Crippen LogP contribution in [0.4, 0.5) is 5.69 Å². The van der Waals surface area contributed by atoms with Gasteiger partial charge in [0.15, 0.2) is 0 Å². The smallest absolute Gasteiger partial charge is 0.144 e. The Morgan fingerprint density at radius 2 is 2.07 bits per heavy atom. The quantitative estimate of drug-likeness (QED) is 0.716. The van der Waals surface area contributed by atoms with Gasteiger partial charge in [0.05, 0.1) is 11.2 Å². The SMILES string of the molecule is Cc1cc(Br)c2c(c1)OCC(C)(C)N2C. The summed E-state index contributed by atoms with van der Waals surface area (Å²) < 4.78 is 6.90. The van der Waals surface area contributed by atoms with Gasteiger partial charge in [-0.25, -0.2) is 0 Å². The summed E-state index contributed by atoms with van der Waals surface area (Å²) in [5, 5.41) is 0. The molecule has 0 radical (unpaired) electrons. The maximum Gasteiger partial charge on any atom is 0.144 e. The van der Waals surface area contributed by atoms with Crippen LogP contribution in [0.3, 0.4) is 0 Å². The third-order valence-electron chi connectivity index (χ3n) is 3.00. The Bertz CT molecular complexity index is 401. The number of likely N-dealkylation sites (N-methyl/N-ethyl adjacent to an activating group) is 1. The summed E-state index contributed by atoms with van der Waals surface area (Å²) in [6, 6.07) is 4.21. The molecule has 0 bridgehead atoms. The first-order valence-corrected chi connectivity index (χ1v) is 5.88. The largest absolute Gasteiger partial charge is 0.489 e. The van der Waals surface area contributed by atoms with E-state index in [2.05, 4.69) is 60.8 Å². The minimum atomic E-state index is 0.0464. The zero-order valence-electron chi connectivity index (χ0n) is 9.60. The van der Waals surface area contributed by atoms with Crippen LogP contribution in [0, 0.1) is 6.92 Å². The monoisotopic (exact) mass is 269 g/mol. The van der Waals surface area contributed by atoms with E-state index < -0.39 is 0 Å². The van der Waals surface area contributed by atoms with Crippen molar-refractivity contribution < 1.29 is 4.74 Å². The van der Waals surface area contributed by atoms with E-state index >= 15 is 0 Å². The number of fused-ring (bicyclic) bond motifs is 1. The Morgan fingerprint density at radius 3 is 2.73 bits per heavy atom. The van der Waals surface area contributed by atoms with Crippen LogP contribution < -0.4 is 9.64 Å². The highest BCUT2D eigenvalue weighted by molar-refractivity contribution is 9.10. The van der Waals surface area contributed by atoms with Gasteiger partial charge in [-0.15, -0.1) is 0 Å². The molecule has 0 atom stereocenters. The Kier molecular flexibility index (Phi) is 2.45. The minimum absolute atomic E-state index is 0.0464. The van der Waals surface area contributed by atoms with Crippen molar-refractivity contribution in [2.75, 3.05) is 18.6 Å². The summed E-state index contributed by atoms with van der Waals surface area (Å²) in [6.45, 7) is 7.17. The van der Waals surface area contributed by atoms with Crippen molar-refractivity contribution >= 4 is 21.6 Å². The van der Waals surface area contributed by atoms with E-state index in [-0.39, 0.29) is 5.54 Å². The number of halogens is 1. The number of rotatable bonds is 0. The molecule has 1 aromatic rings. The Hall–Kier alpha value is -0.700. The Balaban J connectivity index is 2.57. The maximum absolute atomic E-state index is 5.80. The van der Waals surface area contributed by atoms with E-state index in [0.717, 1.165) is 22.5 Å². The van der Waals surface area contributed by atoms with Gasteiger partial charge in [-0.05, 0) is 54.4 Å².